The first-order valence-electron chi connectivity index (χ1n) is 12.1. The number of amides is 3. The van der Waals surface area contributed by atoms with Crippen molar-refractivity contribution < 1.29 is 18.8 Å². The van der Waals surface area contributed by atoms with Crippen LogP contribution in [0, 0.1) is 11.7 Å². The first-order valence-corrected chi connectivity index (χ1v) is 12.1. The fourth-order valence-corrected chi connectivity index (χ4v) is 4.91. The molecule has 5 rings (SSSR count). The smallest absolute Gasteiger partial charge is 0.274 e. The van der Waals surface area contributed by atoms with Gasteiger partial charge in [-0.2, -0.15) is 5.10 Å². The van der Waals surface area contributed by atoms with E-state index in [0.717, 1.165) is 29.7 Å². The average molecular weight is 468 g/mol. The first kappa shape index (κ1) is 22.6. The molecular weight excluding hydrogens is 437 g/mol. The fraction of sp³-hybridized carbons (Fsp3) is 0.520. The largest absolute Gasteiger partial charge is 0.353 e. The van der Waals surface area contributed by atoms with Crippen LogP contribution in [0.25, 0.3) is 0 Å². The maximum absolute atomic E-state index is 13.4. The summed E-state index contributed by atoms with van der Waals surface area (Å²) in [5, 5.41) is 7.59. The van der Waals surface area contributed by atoms with Gasteiger partial charge in [-0.3, -0.25) is 19.1 Å². The van der Waals surface area contributed by atoms with Crippen LogP contribution in [0.3, 0.4) is 0 Å². The van der Waals surface area contributed by atoms with Gasteiger partial charge in [-0.25, -0.2) is 4.39 Å². The van der Waals surface area contributed by atoms with Gasteiger partial charge in [0.1, 0.15) is 5.82 Å². The molecule has 0 bridgehead atoms. The number of aromatic nitrogens is 2. The van der Waals surface area contributed by atoms with Crippen molar-refractivity contribution in [3.05, 3.63) is 52.6 Å². The molecule has 8 nitrogen and oxygen atoms in total. The lowest BCUT2D eigenvalue weighted by Crippen LogP contribution is -2.44. The normalized spacial score (nSPS) is 18.5. The Morgan fingerprint density at radius 1 is 1.03 bits per heavy atom. The molecule has 0 atom stereocenters. The third kappa shape index (κ3) is 4.69. The Morgan fingerprint density at radius 3 is 2.41 bits per heavy atom. The molecule has 2 aromatic rings. The summed E-state index contributed by atoms with van der Waals surface area (Å²) in [7, 11) is 1.83. The molecule has 180 valence electrons. The molecule has 2 fully saturated rings. The highest BCUT2D eigenvalue weighted by molar-refractivity contribution is 5.94. The van der Waals surface area contributed by atoms with Crippen molar-refractivity contribution in [2.45, 2.75) is 51.1 Å². The minimum Gasteiger partial charge on any atom is -0.353 e. The molecule has 1 saturated carbocycles. The number of aryl methyl sites for hydroxylation is 1. The molecule has 3 amide bonds. The van der Waals surface area contributed by atoms with Crippen LogP contribution < -0.4 is 5.32 Å². The van der Waals surface area contributed by atoms with E-state index in [0.29, 0.717) is 57.2 Å². The zero-order valence-corrected chi connectivity index (χ0v) is 19.4. The minimum atomic E-state index is -0.329. The summed E-state index contributed by atoms with van der Waals surface area (Å²) in [6.07, 6.45) is 4.26. The number of likely N-dealkylation sites (tertiary alicyclic amines) is 1. The number of nitrogens with zero attached hydrogens (tertiary/aromatic N) is 4. The molecule has 0 radical (unpaired) electrons. The number of carbonyl (C=O) groups is 3. The second kappa shape index (κ2) is 9.19. The molecule has 2 aliphatic heterocycles. The molecule has 3 heterocycles. The molecule has 1 saturated heterocycles. The van der Waals surface area contributed by atoms with Gasteiger partial charge in [-0.05, 0) is 43.4 Å². The predicted molar refractivity (Wildman–Crippen MR) is 122 cm³/mol. The van der Waals surface area contributed by atoms with Gasteiger partial charge in [0, 0.05) is 62.9 Å². The van der Waals surface area contributed by atoms with Gasteiger partial charge in [0.2, 0.25) is 11.8 Å². The number of nitrogens with one attached hydrogen (secondary N) is 1. The Labute approximate surface area is 198 Å². The van der Waals surface area contributed by atoms with Crippen molar-refractivity contribution in [1.29, 1.82) is 0 Å². The Balaban J connectivity index is 1.24. The molecule has 1 N–H and O–H groups in total. The van der Waals surface area contributed by atoms with E-state index in [2.05, 4.69) is 10.4 Å². The van der Waals surface area contributed by atoms with Crippen molar-refractivity contribution in [2.75, 3.05) is 19.6 Å². The number of carbonyl (C=O) groups excluding carboxylic acids is 3. The van der Waals surface area contributed by atoms with Gasteiger partial charge in [-0.1, -0.05) is 12.1 Å². The molecule has 34 heavy (non-hydrogen) atoms. The van der Waals surface area contributed by atoms with Gasteiger partial charge in [0.05, 0.1) is 6.42 Å². The van der Waals surface area contributed by atoms with Crippen molar-refractivity contribution >= 4 is 17.7 Å². The number of fused-ring (bicyclic) bond motifs is 1. The Morgan fingerprint density at radius 2 is 1.74 bits per heavy atom. The molecule has 3 aliphatic rings. The van der Waals surface area contributed by atoms with Gasteiger partial charge >= 0.3 is 0 Å². The van der Waals surface area contributed by atoms with E-state index in [9.17, 15) is 18.8 Å². The zero-order chi connectivity index (χ0) is 23.8. The third-order valence-corrected chi connectivity index (χ3v) is 7.14. The van der Waals surface area contributed by atoms with E-state index in [1.807, 2.05) is 7.05 Å². The highest BCUT2D eigenvalue weighted by atomic mass is 19.1. The number of hydrogen-bond acceptors (Lipinski definition) is 4. The van der Waals surface area contributed by atoms with E-state index in [1.165, 1.54) is 12.1 Å². The van der Waals surface area contributed by atoms with Gasteiger partial charge in [0.25, 0.3) is 5.91 Å². The molecule has 0 spiro atoms. The third-order valence-electron chi connectivity index (χ3n) is 7.14. The standard InChI is InChI=1S/C25H30FN5O3/c1-29-21-10-13-31(22(32)14-16-2-4-18(26)5-3-16)15-20(21)23(28-29)25(34)30-11-8-17(9-12-30)24(33)27-19-6-7-19/h2-5,17,19H,6-15H2,1H3,(H,27,33). The number of hydrogen-bond donors (Lipinski definition) is 1. The summed E-state index contributed by atoms with van der Waals surface area (Å²) in [4.78, 5) is 42.1. The van der Waals surface area contributed by atoms with Crippen LogP contribution in [0.15, 0.2) is 24.3 Å². The minimum absolute atomic E-state index is 0.0399. The second-order valence-corrected chi connectivity index (χ2v) is 9.62. The summed E-state index contributed by atoms with van der Waals surface area (Å²) >= 11 is 0. The monoisotopic (exact) mass is 467 g/mol. The van der Waals surface area contributed by atoms with Crippen LogP contribution in [0.4, 0.5) is 4.39 Å². The summed E-state index contributed by atoms with van der Waals surface area (Å²) in [6.45, 7) is 1.95. The van der Waals surface area contributed by atoms with Crippen molar-refractivity contribution in [3.63, 3.8) is 0 Å². The number of piperidine rings is 1. The number of rotatable bonds is 5. The summed E-state index contributed by atoms with van der Waals surface area (Å²) in [6, 6.07) is 6.30. The van der Waals surface area contributed by atoms with Crippen LogP contribution in [-0.2, 0) is 36.0 Å². The molecule has 1 aromatic carbocycles. The topological polar surface area (TPSA) is 87.5 Å². The first-order chi connectivity index (χ1) is 16.4. The van der Waals surface area contributed by atoms with Crippen LogP contribution in [-0.4, -0.2) is 63.0 Å². The lowest BCUT2D eigenvalue weighted by molar-refractivity contribution is -0.131. The predicted octanol–water partition coefficient (Wildman–Crippen LogP) is 1.82. The Hall–Kier alpha value is -3.23. The van der Waals surface area contributed by atoms with Crippen LogP contribution in [0.5, 0.6) is 0 Å². The van der Waals surface area contributed by atoms with Gasteiger partial charge < -0.3 is 15.1 Å². The van der Waals surface area contributed by atoms with Crippen LogP contribution in [0.2, 0.25) is 0 Å². The summed E-state index contributed by atoms with van der Waals surface area (Å²) in [5.74, 6) is -0.445. The zero-order valence-electron chi connectivity index (χ0n) is 19.4. The van der Waals surface area contributed by atoms with Crippen molar-refractivity contribution in [1.82, 2.24) is 24.9 Å². The van der Waals surface area contributed by atoms with E-state index in [1.54, 1.807) is 26.6 Å². The Bertz CT molecular complexity index is 1100. The van der Waals surface area contributed by atoms with E-state index >= 15 is 0 Å². The highest BCUT2D eigenvalue weighted by Gasteiger charge is 2.35. The molecular formula is C25H30FN5O3. The lowest BCUT2D eigenvalue weighted by Gasteiger charge is -2.32. The van der Waals surface area contributed by atoms with Gasteiger partial charge in [0.15, 0.2) is 5.69 Å². The summed E-state index contributed by atoms with van der Waals surface area (Å²) < 4.78 is 14.9. The van der Waals surface area contributed by atoms with Crippen LogP contribution in [0.1, 0.15) is 53.0 Å². The highest BCUT2D eigenvalue weighted by Crippen LogP contribution is 2.27. The number of benzene rings is 1. The maximum Gasteiger partial charge on any atom is 0.274 e. The maximum atomic E-state index is 13.4. The van der Waals surface area contributed by atoms with Gasteiger partial charge in [-0.15, -0.1) is 0 Å². The SMILES string of the molecule is Cn1nc(C(=O)N2CCC(C(=O)NC3CC3)CC2)c2c1CCN(C(=O)Cc1ccc(F)cc1)C2. The van der Waals surface area contributed by atoms with E-state index in [4.69, 9.17) is 0 Å². The van der Waals surface area contributed by atoms with E-state index in [-0.39, 0.29) is 35.9 Å². The molecule has 1 aromatic heterocycles. The fourth-order valence-electron chi connectivity index (χ4n) is 4.91. The molecule has 0 unspecified atom stereocenters. The van der Waals surface area contributed by atoms with Crippen LogP contribution >= 0.6 is 0 Å². The average Bonchev–Trinajstić information content (AvgIpc) is 3.60. The quantitative estimate of drug-likeness (QED) is 0.727. The lowest BCUT2D eigenvalue weighted by atomic mass is 9.95. The number of halogens is 1. The Kier molecular flexibility index (Phi) is 6.10. The second-order valence-electron chi connectivity index (χ2n) is 9.62. The van der Waals surface area contributed by atoms with Crippen molar-refractivity contribution in [3.8, 4) is 0 Å². The van der Waals surface area contributed by atoms with Crippen molar-refractivity contribution in [2.24, 2.45) is 13.0 Å². The molecule has 9 heteroatoms. The summed E-state index contributed by atoms with van der Waals surface area (Å²) in [5.41, 5.74) is 2.94. The van der Waals surface area contributed by atoms with E-state index < -0.39 is 0 Å². The molecule has 1 aliphatic carbocycles.